The number of piperidine rings is 3. The van der Waals surface area contributed by atoms with E-state index in [1.807, 2.05) is 12.3 Å². The SMILES string of the molecule is C[C@@H]1[C@H](Nc2ccc(-c3ccccc3)cn2)C2CCN1CC2. The molecule has 114 valence electrons. The molecular weight excluding hydrogens is 270 g/mol. The van der Waals surface area contributed by atoms with Gasteiger partial charge < -0.3 is 5.32 Å². The molecule has 22 heavy (non-hydrogen) atoms. The number of hydrogen-bond acceptors (Lipinski definition) is 3. The summed E-state index contributed by atoms with van der Waals surface area (Å²) in [6, 6.07) is 15.9. The smallest absolute Gasteiger partial charge is 0.126 e. The number of fused-ring (bicyclic) bond motifs is 3. The molecular formula is C19H23N3. The lowest BCUT2D eigenvalue weighted by molar-refractivity contribution is 0.0457. The van der Waals surface area contributed by atoms with Crippen molar-refractivity contribution in [1.29, 1.82) is 0 Å². The van der Waals surface area contributed by atoms with Gasteiger partial charge in [-0.3, -0.25) is 4.90 Å². The molecule has 5 rings (SSSR count). The van der Waals surface area contributed by atoms with E-state index in [0.29, 0.717) is 12.1 Å². The molecule has 1 aromatic carbocycles. The van der Waals surface area contributed by atoms with Crippen molar-refractivity contribution < 1.29 is 0 Å². The summed E-state index contributed by atoms with van der Waals surface area (Å²) >= 11 is 0. The van der Waals surface area contributed by atoms with Crippen molar-refractivity contribution >= 4 is 5.82 Å². The molecule has 2 aromatic rings. The highest BCUT2D eigenvalue weighted by atomic mass is 15.2. The third kappa shape index (κ3) is 2.50. The van der Waals surface area contributed by atoms with Crippen LogP contribution in [0.1, 0.15) is 19.8 Å². The van der Waals surface area contributed by atoms with Crippen molar-refractivity contribution in [2.45, 2.75) is 31.8 Å². The van der Waals surface area contributed by atoms with E-state index < -0.39 is 0 Å². The molecule has 3 heteroatoms. The van der Waals surface area contributed by atoms with Crippen LogP contribution in [0.5, 0.6) is 0 Å². The maximum Gasteiger partial charge on any atom is 0.126 e. The minimum atomic E-state index is 0.539. The summed E-state index contributed by atoms with van der Waals surface area (Å²) in [6.07, 6.45) is 4.62. The molecule has 4 heterocycles. The highest BCUT2D eigenvalue weighted by Crippen LogP contribution is 2.33. The summed E-state index contributed by atoms with van der Waals surface area (Å²) in [5, 5.41) is 3.69. The van der Waals surface area contributed by atoms with Crippen LogP contribution in [-0.2, 0) is 0 Å². The van der Waals surface area contributed by atoms with Crippen LogP contribution in [0.4, 0.5) is 5.82 Å². The summed E-state index contributed by atoms with van der Waals surface area (Å²) in [5.41, 5.74) is 2.39. The number of anilines is 1. The predicted molar refractivity (Wildman–Crippen MR) is 90.8 cm³/mol. The van der Waals surface area contributed by atoms with Crippen molar-refractivity contribution in [3.05, 3.63) is 48.7 Å². The zero-order valence-corrected chi connectivity index (χ0v) is 13.1. The molecule has 0 spiro atoms. The van der Waals surface area contributed by atoms with Gasteiger partial charge in [0.25, 0.3) is 0 Å². The van der Waals surface area contributed by atoms with Crippen LogP contribution in [-0.4, -0.2) is 35.1 Å². The maximum absolute atomic E-state index is 4.64. The third-order valence-corrected chi connectivity index (χ3v) is 5.36. The first kappa shape index (κ1) is 13.8. The lowest BCUT2D eigenvalue weighted by atomic mass is 9.79. The van der Waals surface area contributed by atoms with Gasteiger partial charge in [-0.1, -0.05) is 30.3 Å². The van der Waals surface area contributed by atoms with Crippen LogP contribution in [0.15, 0.2) is 48.7 Å². The van der Waals surface area contributed by atoms with Gasteiger partial charge in [0.05, 0.1) is 0 Å². The number of benzene rings is 1. The highest BCUT2D eigenvalue weighted by Gasteiger charge is 2.39. The number of pyridine rings is 1. The topological polar surface area (TPSA) is 28.2 Å². The second kappa shape index (κ2) is 5.73. The van der Waals surface area contributed by atoms with Gasteiger partial charge in [0.2, 0.25) is 0 Å². The number of nitrogens with zero attached hydrogens (tertiary/aromatic N) is 2. The molecule has 1 N–H and O–H groups in total. The van der Waals surface area contributed by atoms with E-state index in [-0.39, 0.29) is 0 Å². The van der Waals surface area contributed by atoms with Gasteiger partial charge in [-0.05, 0) is 56.5 Å². The quantitative estimate of drug-likeness (QED) is 0.936. The van der Waals surface area contributed by atoms with Crippen LogP contribution in [0.25, 0.3) is 11.1 Å². The minimum Gasteiger partial charge on any atom is -0.365 e. The van der Waals surface area contributed by atoms with Crippen molar-refractivity contribution in [3.8, 4) is 11.1 Å². The van der Waals surface area contributed by atoms with Crippen LogP contribution in [0, 0.1) is 5.92 Å². The number of rotatable bonds is 3. The molecule has 3 aliphatic heterocycles. The Morgan fingerprint density at radius 3 is 2.41 bits per heavy atom. The summed E-state index contributed by atoms with van der Waals surface area (Å²) in [5.74, 6) is 1.81. The van der Waals surface area contributed by atoms with Gasteiger partial charge in [-0.25, -0.2) is 4.98 Å². The van der Waals surface area contributed by atoms with Crippen molar-refractivity contribution in [3.63, 3.8) is 0 Å². The van der Waals surface area contributed by atoms with Crippen LogP contribution in [0.3, 0.4) is 0 Å². The Morgan fingerprint density at radius 2 is 1.77 bits per heavy atom. The van der Waals surface area contributed by atoms with Gasteiger partial charge in [0.1, 0.15) is 5.82 Å². The normalized spacial score (nSPS) is 30.2. The fraction of sp³-hybridized carbons (Fsp3) is 0.421. The summed E-state index contributed by atoms with van der Waals surface area (Å²) < 4.78 is 0. The molecule has 0 unspecified atom stereocenters. The summed E-state index contributed by atoms with van der Waals surface area (Å²) in [7, 11) is 0. The van der Waals surface area contributed by atoms with Gasteiger partial charge in [-0.2, -0.15) is 0 Å². The lowest BCUT2D eigenvalue weighted by Crippen LogP contribution is -2.59. The molecule has 3 nitrogen and oxygen atoms in total. The lowest BCUT2D eigenvalue weighted by Gasteiger charge is -2.50. The van der Waals surface area contributed by atoms with E-state index in [0.717, 1.165) is 11.7 Å². The van der Waals surface area contributed by atoms with Gasteiger partial charge >= 0.3 is 0 Å². The average molecular weight is 293 g/mol. The first-order valence-corrected chi connectivity index (χ1v) is 8.33. The Labute approximate surface area is 132 Å². The van der Waals surface area contributed by atoms with Crippen molar-refractivity contribution in [1.82, 2.24) is 9.88 Å². The summed E-state index contributed by atoms with van der Waals surface area (Å²) in [4.78, 5) is 7.24. The Hall–Kier alpha value is -1.87. The van der Waals surface area contributed by atoms with Crippen LogP contribution < -0.4 is 5.32 Å². The number of nitrogens with one attached hydrogen (secondary N) is 1. The molecule has 2 atom stereocenters. The third-order valence-electron chi connectivity index (χ3n) is 5.36. The molecule has 3 saturated heterocycles. The molecule has 1 aromatic heterocycles. The first-order chi connectivity index (χ1) is 10.8. The van der Waals surface area contributed by atoms with Crippen LogP contribution >= 0.6 is 0 Å². The Morgan fingerprint density at radius 1 is 1.00 bits per heavy atom. The largest absolute Gasteiger partial charge is 0.365 e. The van der Waals surface area contributed by atoms with Gasteiger partial charge in [-0.15, -0.1) is 0 Å². The fourth-order valence-electron chi connectivity index (χ4n) is 4.00. The van der Waals surface area contributed by atoms with Crippen molar-refractivity contribution in [2.75, 3.05) is 18.4 Å². The van der Waals surface area contributed by atoms with Gasteiger partial charge in [0, 0.05) is 23.8 Å². The molecule has 0 amide bonds. The van der Waals surface area contributed by atoms with E-state index in [1.165, 1.54) is 37.1 Å². The van der Waals surface area contributed by atoms with E-state index in [4.69, 9.17) is 0 Å². The number of hydrogen-bond donors (Lipinski definition) is 1. The van der Waals surface area contributed by atoms with E-state index in [9.17, 15) is 0 Å². The van der Waals surface area contributed by atoms with Crippen molar-refractivity contribution in [2.24, 2.45) is 5.92 Å². The standard InChI is InChI=1S/C19H23N3/c1-14-19(16-9-11-22(14)12-10-16)21-18-8-7-17(13-20-18)15-5-3-2-4-6-15/h2-8,13-14,16,19H,9-12H2,1H3,(H,20,21)/t14-,19+/m1/s1. The summed E-state index contributed by atoms with van der Waals surface area (Å²) in [6.45, 7) is 4.89. The van der Waals surface area contributed by atoms with Crippen LogP contribution in [0.2, 0.25) is 0 Å². The average Bonchev–Trinajstić information content (AvgIpc) is 2.60. The Kier molecular flexibility index (Phi) is 3.59. The minimum absolute atomic E-state index is 0.539. The molecule has 3 aliphatic rings. The molecule has 2 bridgehead atoms. The molecule has 0 radical (unpaired) electrons. The monoisotopic (exact) mass is 293 g/mol. The Balaban J connectivity index is 1.50. The zero-order valence-electron chi connectivity index (χ0n) is 13.1. The molecule has 0 aliphatic carbocycles. The van der Waals surface area contributed by atoms with E-state index >= 15 is 0 Å². The second-order valence-corrected chi connectivity index (χ2v) is 6.58. The second-order valence-electron chi connectivity index (χ2n) is 6.58. The Bertz CT molecular complexity index is 613. The maximum atomic E-state index is 4.64. The molecule has 0 saturated carbocycles. The zero-order chi connectivity index (χ0) is 14.9. The van der Waals surface area contributed by atoms with Gasteiger partial charge in [0.15, 0.2) is 0 Å². The highest BCUT2D eigenvalue weighted by molar-refractivity contribution is 5.63. The first-order valence-electron chi connectivity index (χ1n) is 8.33. The van der Waals surface area contributed by atoms with E-state index in [2.05, 4.69) is 58.5 Å². The number of aromatic nitrogens is 1. The fourth-order valence-corrected chi connectivity index (χ4v) is 4.00. The van der Waals surface area contributed by atoms with E-state index in [1.54, 1.807) is 0 Å². The predicted octanol–water partition coefficient (Wildman–Crippen LogP) is 3.64. The molecule has 3 fully saturated rings.